The first-order valence-electron chi connectivity index (χ1n) is 11.6. The smallest absolute Gasteiger partial charge is 0.259 e. The van der Waals surface area contributed by atoms with Gasteiger partial charge in [0.05, 0.1) is 16.2 Å². The minimum atomic E-state index is -3.57. The van der Waals surface area contributed by atoms with Crippen LogP contribution in [0, 0.1) is 0 Å². The van der Waals surface area contributed by atoms with Gasteiger partial charge >= 0.3 is 0 Å². The van der Waals surface area contributed by atoms with Gasteiger partial charge in [0.15, 0.2) is 9.84 Å². The molecule has 0 spiro atoms. The van der Waals surface area contributed by atoms with Gasteiger partial charge in [0, 0.05) is 31.2 Å². The summed E-state index contributed by atoms with van der Waals surface area (Å²) < 4.78 is 27.8. The van der Waals surface area contributed by atoms with E-state index >= 15 is 0 Å². The summed E-state index contributed by atoms with van der Waals surface area (Å²) >= 11 is 0. The Morgan fingerprint density at radius 2 is 1.60 bits per heavy atom. The largest absolute Gasteiger partial charge is 0.343 e. The molecule has 5 rings (SSSR count). The molecule has 0 radical (unpaired) electrons. The molecule has 0 unspecified atom stereocenters. The SMILES string of the molecule is CN(Cc1ccccc1)C(=O)c1cn(C2CC2)c2ccc(CS(=O)(=O)c3ccccc3)cc2c1=O. The molecule has 178 valence electrons. The van der Waals surface area contributed by atoms with Crippen molar-refractivity contribution in [2.24, 2.45) is 0 Å². The number of rotatable bonds is 7. The first-order chi connectivity index (χ1) is 16.8. The number of hydrogen-bond donors (Lipinski definition) is 0. The third kappa shape index (κ3) is 4.77. The van der Waals surface area contributed by atoms with Crippen molar-refractivity contribution in [1.82, 2.24) is 9.47 Å². The molecule has 0 N–H and O–H groups in total. The number of nitrogens with zero attached hydrogens (tertiary/aromatic N) is 2. The molecule has 35 heavy (non-hydrogen) atoms. The van der Waals surface area contributed by atoms with E-state index in [0.717, 1.165) is 23.9 Å². The summed E-state index contributed by atoms with van der Waals surface area (Å²) in [4.78, 5) is 28.6. The third-order valence-electron chi connectivity index (χ3n) is 6.34. The van der Waals surface area contributed by atoms with Crippen molar-refractivity contribution in [2.45, 2.75) is 36.1 Å². The van der Waals surface area contributed by atoms with Gasteiger partial charge in [-0.15, -0.1) is 0 Å². The van der Waals surface area contributed by atoms with E-state index in [1.165, 1.54) is 0 Å². The molecule has 1 fully saturated rings. The highest BCUT2D eigenvalue weighted by molar-refractivity contribution is 7.90. The van der Waals surface area contributed by atoms with E-state index < -0.39 is 9.84 Å². The second-order valence-electron chi connectivity index (χ2n) is 9.08. The number of aromatic nitrogens is 1. The Bertz CT molecular complexity index is 1560. The van der Waals surface area contributed by atoms with Gasteiger partial charge < -0.3 is 9.47 Å². The van der Waals surface area contributed by atoms with Crippen molar-refractivity contribution in [2.75, 3.05) is 7.05 Å². The van der Waals surface area contributed by atoms with Crippen LogP contribution >= 0.6 is 0 Å². The molecule has 0 bridgehead atoms. The van der Waals surface area contributed by atoms with Crippen LogP contribution in [0.5, 0.6) is 0 Å². The first-order valence-corrected chi connectivity index (χ1v) is 13.2. The molecule has 1 aliphatic carbocycles. The zero-order chi connectivity index (χ0) is 24.6. The third-order valence-corrected chi connectivity index (χ3v) is 8.04. The number of benzene rings is 3. The van der Waals surface area contributed by atoms with Crippen LogP contribution in [-0.2, 0) is 22.1 Å². The maximum absolute atomic E-state index is 13.5. The van der Waals surface area contributed by atoms with E-state index in [1.807, 2.05) is 34.9 Å². The Balaban J connectivity index is 1.54. The summed E-state index contributed by atoms with van der Waals surface area (Å²) in [6.45, 7) is 0.385. The predicted octanol–water partition coefficient (Wildman–Crippen LogP) is 4.58. The molecule has 1 aromatic heterocycles. The predicted molar refractivity (Wildman–Crippen MR) is 136 cm³/mol. The fourth-order valence-corrected chi connectivity index (χ4v) is 5.72. The molecule has 1 aliphatic rings. The number of carbonyl (C=O) groups is 1. The van der Waals surface area contributed by atoms with Gasteiger partial charge in [0.25, 0.3) is 5.91 Å². The number of carbonyl (C=O) groups excluding carboxylic acids is 1. The second kappa shape index (κ2) is 9.15. The van der Waals surface area contributed by atoms with Crippen molar-refractivity contribution in [3.8, 4) is 0 Å². The lowest BCUT2D eigenvalue weighted by Crippen LogP contribution is -2.31. The number of fused-ring (bicyclic) bond motifs is 1. The minimum Gasteiger partial charge on any atom is -0.343 e. The number of hydrogen-bond acceptors (Lipinski definition) is 4. The molecule has 3 aromatic carbocycles. The van der Waals surface area contributed by atoms with Gasteiger partial charge in [-0.25, -0.2) is 8.42 Å². The van der Waals surface area contributed by atoms with Gasteiger partial charge in [-0.2, -0.15) is 0 Å². The number of sulfone groups is 1. The first kappa shape index (κ1) is 23.1. The highest BCUT2D eigenvalue weighted by Gasteiger charge is 2.28. The topological polar surface area (TPSA) is 76.5 Å². The zero-order valence-corrected chi connectivity index (χ0v) is 20.2. The van der Waals surface area contributed by atoms with Gasteiger partial charge in [0.1, 0.15) is 5.56 Å². The molecular formula is C28H26N2O4S. The van der Waals surface area contributed by atoms with Crippen LogP contribution in [0.2, 0.25) is 0 Å². The number of pyridine rings is 1. The summed E-state index contributed by atoms with van der Waals surface area (Å²) in [5.74, 6) is -0.570. The highest BCUT2D eigenvalue weighted by Crippen LogP contribution is 2.37. The van der Waals surface area contributed by atoms with E-state index in [0.29, 0.717) is 17.5 Å². The van der Waals surface area contributed by atoms with Gasteiger partial charge in [-0.1, -0.05) is 54.6 Å². The van der Waals surface area contributed by atoms with Crippen LogP contribution in [0.3, 0.4) is 0 Å². The van der Waals surface area contributed by atoms with E-state index in [1.54, 1.807) is 66.7 Å². The lowest BCUT2D eigenvalue weighted by molar-refractivity contribution is 0.0783. The molecule has 1 saturated carbocycles. The van der Waals surface area contributed by atoms with Crippen molar-refractivity contribution in [3.05, 3.63) is 112 Å². The molecule has 6 nitrogen and oxygen atoms in total. The van der Waals surface area contributed by atoms with Crippen molar-refractivity contribution < 1.29 is 13.2 Å². The maximum Gasteiger partial charge on any atom is 0.259 e. The molecule has 7 heteroatoms. The number of amides is 1. The summed E-state index contributed by atoms with van der Waals surface area (Å²) in [5.41, 5.74) is 1.94. The Morgan fingerprint density at radius 1 is 0.943 bits per heavy atom. The normalized spacial score (nSPS) is 13.6. The lowest BCUT2D eigenvalue weighted by Gasteiger charge is -2.19. The molecule has 0 saturated heterocycles. The highest BCUT2D eigenvalue weighted by atomic mass is 32.2. The van der Waals surface area contributed by atoms with Crippen LogP contribution < -0.4 is 5.43 Å². The van der Waals surface area contributed by atoms with Crippen molar-refractivity contribution in [3.63, 3.8) is 0 Å². The summed E-state index contributed by atoms with van der Waals surface area (Å²) in [7, 11) is -1.88. The van der Waals surface area contributed by atoms with Crippen LogP contribution in [0.15, 0.2) is 94.7 Å². The summed E-state index contributed by atoms with van der Waals surface area (Å²) in [6.07, 6.45) is 3.64. The van der Waals surface area contributed by atoms with E-state index in [4.69, 9.17) is 0 Å². The van der Waals surface area contributed by atoms with Gasteiger partial charge in [-0.05, 0) is 48.2 Å². The molecule has 0 aliphatic heterocycles. The average molecular weight is 487 g/mol. The van der Waals surface area contributed by atoms with E-state index in [2.05, 4.69) is 0 Å². The van der Waals surface area contributed by atoms with Crippen LogP contribution in [0.4, 0.5) is 0 Å². The van der Waals surface area contributed by atoms with Crippen molar-refractivity contribution in [1.29, 1.82) is 0 Å². The lowest BCUT2D eigenvalue weighted by atomic mass is 10.1. The summed E-state index contributed by atoms with van der Waals surface area (Å²) in [5, 5.41) is 0.372. The van der Waals surface area contributed by atoms with Crippen LogP contribution in [0.1, 0.15) is 40.4 Å². The standard InChI is InChI=1S/C28H26N2O4S/c1-29(17-20-8-4-2-5-9-20)28(32)25-18-30(22-13-14-22)26-15-12-21(16-24(26)27(25)31)19-35(33,34)23-10-6-3-7-11-23/h2-12,15-16,18,22H,13-14,17,19H2,1H3. The Labute approximate surface area is 204 Å². The molecule has 0 atom stereocenters. The van der Waals surface area contributed by atoms with E-state index in [9.17, 15) is 18.0 Å². The van der Waals surface area contributed by atoms with E-state index in [-0.39, 0.29) is 33.6 Å². The molecule has 1 heterocycles. The maximum atomic E-state index is 13.5. The molecule has 4 aromatic rings. The Kier molecular flexibility index (Phi) is 6.03. The quantitative estimate of drug-likeness (QED) is 0.383. The van der Waals surface area contributed by atoms with Gasteiger partial charge in [0.2, 0.25) is 5.43 Å². The van der Waals surface area contributed by atoms with Crippen molar-refractivity contribution >= 4 is 26.6 Å². The fraction of sp³-hybridized carbons (Fsp3) is 0.214. The molecule has 1 amide bonds. The summed E-state index contributed by atoms with van der Waals surface area (Å²) in [6, 6.07) is 23.3. The monoisotopic (exact) mass is 486 g/mol. The van der Waals surface area contributed by atoms with Gasteiger partial charge in [-0.3, -0.25) is 9.59 Å². The zero-order valence-electron chi connectivity index (χ0n) is 19.4. The average Bonchev–Trinajstić information content (AvgIpc) is 3.70. The van der Waals surface area contributed by atoms with Crippen LogP contribution in [0.25, 0.3) is 10.9 Å². The fourth-order valence-electron chi connectivity index (χ4n) is 4.36. The molecular weight excluding hydrogens is 460 g/mol. The minimum absolute atomic E-state index is 0.103. The Hall–Kier alpha value is -3.71. The Morgan fingerprint density at radius 3 is 2.26 bits per heavy atom. The second-order valence-corrected chi connectivity index (χ2v) is 11.1. The van der Waals surface area contributed by atoms with Crippen LogP contribution in [-0.4, -0.2) is 30.8 Å².